The van der Waals surface area contributed by atoms with Crippen molar-refractivity contribution in [2.45, 2.75) is 19.8 Å². The largest absolute Gasteiger partial charge is 0.494 e. The van der Waals surface area contributed by atoms with Crippen LogP contribution in [0.15, 0.2) is 47.5 Å². The van der Waals surface area contributed by atoms with Gasteiger partial charge in [-0.1, -0.05) is 30.3 Å². The Kier molecular flexibility index (Phi) is 10.9. The third kappa shape index (κ3) is 7.90. The van der Waals surface area contributed by atoms with Crippen molar-refractivity contribution in [2.75, 3.05) is 32.9 Å². The molecule has 0 fully saturated rings. The molecule has 0 bridgehead atoms. The van der Waals surface area contributed by atoms with Crippen molar-refractivity contribution in [3.63, 3.8) is 0 Å². The zero-order chi connectivity index (χ0) is 17.0. The van der Waals surface area contributed by atoms with Gasteiger partial charge in [-0.25, -0.2) is 0 Å². The first kappa shape index (κ1) is 21.5. The van der Waals surface area contributed by atoms with E-state index in [0.717, 1.165) is 24.7 Å². The zero-order valence-corrected chi connectivity index (χ0v) is 17.0. The number of rotatable bonds is 9. The number of hydrogen-bond donors (Lipinski definition) is 2. The lowest BCUT2D eigenvalue weighted by atomic mass is 10.1. The topological polar surface area (TPSA) is 45.7 Å². The van der Waals surface area contributed by atoms with Crippen molar-refractivity contribution in [2.24, 2.45) is 4.99 Å². The number of ether oxygens (including phenoxy) is 1. The first-order chi connectivity index (χ1) is 11.8. The van der Waals surface area contributed by atoms with Crippen LogP contribution in [0.5, 0.6) is 5.75 Å². The van der Waals surface area contributed by atoms with Crippen molar-refractivity contribution >= 4 is 40.7 Å². The molecule has 0 aromatic heterocycles. The van der Waals surface area contributed by atoms with Gasteiger partial charge in [0.05, 0.1) is 13.3 Å². The lowest BCUT2D eigenvalue weighted by Gasteiger charge is -2.10. The quantitative estimate of drug-likeness (QED) is 0.257. The molecule has 25 heavy (non-hydrogen) atoms. The van der Waals surface area contributed by atoms with Crippen LogP contribution in [0.2, 0.25) is 0 Å². The molecule has 6 heteroatoms. The number of nitrogens with zero attached hydrogens (tertiary/aromatic N) is 1. The van der Waals surface area contributed by atoms with Crippen LogP contribution in [-0.2, 0) is 0 Å². The highest BCUT2D eigenvalue weighted by atomic mass is 127. The highest BCUT2D eigenvalue weighted by Gasteiger charge is 1.98. The van der Waals surface area contributed by atoms with Crippen molar-refractivity contribution in [1.29, 1.82) is 0 Å². The second-order valence-electron chi connectivity index (χ2n) is 5.44. The Labute approximate surface area is 166 Å². The Morgan fingerprint density at radius 3 is 2.64 bits per heavy atom. The molecule has 0 radical (unpaired) electrons. The van der Waals surface area contributed by atoms with E-state index < -0.39 is 0 Å². The smallest absolute Gasteiger partial charge is 0.191 e. The fourth-order valence-electron chi connectivity index (χ4n) is 2.32. The minimum absolute atomic E-state index is 0. The molecule has 2 N–H and O–H groups in total. The van der Waals surface area contributed by atoms with Crippen LogP contribution in [0.4, 0.5) is 4.39 Å². The molecule has 0 saturated heterocycles. The first-order valence-corrected chi connectivity index (χ1v) is 8.53. The zero-order valence-electron chi connectivity index (χ0n) is 14.6. The molecule has 0 atom stereocenters. The van der Waals surface area contributed by atoms with E-state index in [1.807, 2.05) is 25.1 Å². The van der Waals surface area contributed by atoms with E-state index in [1.54, 1.807) is 0 Å². The Bertz CT molecular complexity index is 651. The molecule has 2 aromatic carbocycles. The van der Waals surface area contributed by atoms with Gasteiger partial charge in [-0.2, -0.15) is 0 Å². The van der Waals surface area contributed by atoms with E-state index in [1.165, 1.54) is 10.8 Å². The van der Waals surface area contributed by atoms with Crippen LogP contribution in [0.25, 0.3) is 10.8 Å². The van der Waals surface area contributed by atoms with Crippen molar-refractivity contribution in [1.82, 2.24) is 10.6 Å². The summed E-state index contributed by atoms with van der Waals surface area (Å²) in [4.78, 5) is 4.46. The Balaban J connectivity index is 0.00000312. The summed E-state index contributed by atoms with van der Waals surface area (Å²) in [6.45, 7) is 4.36. The Hall–Kier alpha value is -1.57. The number of fused-ring (bicyclic) bond motifs is 1. The molecule has 0 aliphatic carbocycles. The van der Waals surface area contributed by atoms with E-state index >= 15 is 0 Å². The van der Waals surface area contributed by atoms with Gasteiger partial charge in [0.1, 0.15) is 5.75 Å². The van der Waals surface area contributed by atoms with Gasteiger partial charge in [-0.3, -0.25) is 9.38 Å². The minimum Gasteiger partial charge on any atom is -0.494 e. The van der Waals surface area contributed by atoms with Crippen LogP contribution in [0, 0.1) is 0 Å². The van der Waals surface area contributed by atoms with Crippen LogP contribution in [0.3, 0.4) is 0 Å². The summed E-state index contributed by atoms with van der Waals surface area (Å²) in [7, 11) is 0. The highest BCUT2D eigenvalue weighted by Crippen LogP contribution is 2.20. The van der Waals surface area contributed by atoms with E-state index in [9.17, 15) is 4.39 Å². The van der Waals surface area contributed by atoms with Crippen LogP contribution in [0.1, 0.15) is 19.8 Å². The second-order valence-corrected chi connectivity index (χ2v) is 5.44. The second kappa shape index (κ2) is 12.7. The molecule has 0 aliphatic heterocycles. The predicted molar refractivity (Wildman–Crippen MR) is 114 cm³/mol. The fourth-order valence-corrected chi connectivity index (χ4v) is 2.32. The monoisotopic (exact) mass is 459 g/mol. The molecule has 0 aliphatic rings. The summed E-state index contributed by atoms with van der Waals surface area (Å²) in [5, 5.41) is 8.65. The highest BCUT2D eigenvalue weighted by molar-refractivity contribution is 14.0. The molecule has 0 spiro atoms. The minimum atomic E-state index is -0.313. The third-order valence-electron chi connectivity index (χ3n) is 3.51. The van der Waals surface area contributed by atoms with Gasteiger partial charge in [0, 0.05) is 26.1 Å². The Morgan fingerprint density at radius 2 is 1.88 bits per heavy atom. The number of hydrogen-bond acceptors (Lipinski definition) is 2. The summed E-state index contributed by atoms with van der Waals surface area (Å²) >= 11 is 0. The number of benzene rings is 2. The van der Waals surface area contributed by atoms with Crippen molar-refractivity contribution in [3.8, 4) is 5.75 Å². The van der Waals surface area contributed by atoms with Gasteiger partial charge < -0.3 is 15.4 Å². The normalized spacial score (nSPS) is 11.0. The van der Waals surface area contributed by atoms with E-state index in [4.69, 9.17) is 4.74 Å². The van der Waals surface area contributed by atoms with Gasteiger partial charge in [0.25, 0.3) is 0 Å². The molecule has 4 nitrogen and oxygen atoms in total. The summed E-state index contributed by atoms with van der Waals surface area (Å²) in [5.41, 5.74) is 0. The maximum absolute atomic E-state index is 12.1. The Morgan fingerprint density at radius 1 is 1.08 bits per heavy atom. The summed E-state index contributed by atoms with van der Waals surface area (Å²) in [6, 6.07) is 14.4. The predicted octanol–water partition coefficient (Wildman–Crippen LogP) is 4.14. The number of halogens is 2. The van der Waals surface area contributed by atoms with E-state index in [0.29, 0.717) is 26.1 Å². The van der Waals surface area contributed by atoms with Gasteiger partial charge in [0.15, 0.2) is 5.96 Å². The summed E-state index contributed by atoms with van der Waals surface area (Å²) < 4.78 is 17.9. The maximum Gasteiger partial charge on any atom is 0.191 e. The summed E-state index contributed by atoms with van der Waals surface area (Å²) in [6.07, 6.45) is 1.32. The molecule has 2 rings (SSSR count). The molecular formula is C19H27FIN3O. The first-order valence-electron chi connectivity index (χ1n) is 8.53. The molecule has 0 heterocycles. The molecule has 0 unspecified atom stereocenters. The molecule has 0 saturated carbocycles. The lowest BCUT2D eigenvalue weighted by Crippen LogP contribution is -2.38. The standard InChI is InChI=1S/C19H26FN3O.HI/c1-2-21-19(22-12-5-11-20)23-13-6-14-24-18-10-9-16-7-3-4-8-17(16)15-18;/h3-4,7-10,15H,2,5-6,11-14H2,1H3,(H2,21,22,23);1H. The van der Waals surface area contributed by atoms with Crippen LogP contribution in [-0.4, -0.2) is 38.9 Å². The maximum atomic E-state index is 12.1. The molecule has 138 valence electrons. The number of nitrogens with one attached hydrogen (secondary N) is 2. The number of aliphatic imine (C=N–C) groups is 1. The van der Waals surface area contributed by atoms with Gasteiger partial charge in [-0.05, 0) is 36.2 Å². The van der Waals surface area contributed by atoms with Gasteiger partial charge >= 0.3 is 0 Å². The van der Waals surface area contributed by atoms with E-state index in [2.05, 4.69) is 39.9 Å². The van der Waals surface area contributed by atoms with Crippen LogP contribution < -0.4 is 15.4 Å². The summed E-state index contributed by atoms with van der Waals surface area (Å²) in [5.74, 6) is 1.61. The fraction of sp³-hybridized carbons (Fsp3) is 0.421. The van der Waals surface area contributed by atoms with Crippen molar-refractivity contribution < 1.29 is 9.13 Å². The molecule has 0 amide bonds. The van der Waals surface area contributed by atoms with E-state index in [-0.39, 0.29) is 30.7 Å². The average molecular weight is 459 g/mol. The number of alkyl halides is 1. The van der Waals surface area contributed by atoms with Gasteiger partial charge in [-0.15, -0.1) is 24.0 Å². The average Bonchev–Trinajstić information content (AvgIpc) is 2.61. The third-order valence-corrected chi connectivity index (χ3v) is 3.51. The molecule has 2 aromatic rings. The lowest BCUT2D eigenvalue weighted by molar-refractivity contribution is 0.314. The van der Waals surface area contributed by atoms with Crippen molar-refractivity contribution in [3.05, 3.63) is 42.5 Å². The molecular weight excluding hydrogens is 432 g/mol. The number of guanidine groups is 1. The van der Waals surface area contributed by atoms with Crippen LogP contribution >= 0.6 is 24.0 Å². The van der Waals surface area contributed by atoms with Gasteiger partial charge in [0.2, 0.25) is 0 Å². The SMILES string of the molecule is CCNC(=NCCCOc1ccc2ccccc2c1)NCCCF.I.